The number of hydrogen-bond acceptors (Lipinski definition) is 4. The summed E-state index contributed by atoms with van der Waals surface area (Å²) >= 11 is 0. The molecule has 5 heteroatoms. The molecule has 86 valence electrons. The van der Waals surface area contributed by atoms with Gasteiger partial charge in [0.15, 0.2) is 0 Å². The maximum Gasteiger partial charge on any atom is 0.331 e. The Kier molecular flexibility index (Phi) is 8.37. The molecule has 0 atom stereocenters. The highest BCUT2D eigenvalue weighted by Gasteiger charge is 1.97. The first kappa shape index (κ1) is 13.6. The van der Waals surface area contributed by atoms with Crippen LogP contribution in [0.5, 0.6) is 0 Å². The number of carboxylic acids is 1. The van der Waals surface area contributed by atoms with E-state index in [1.54, 1.807) is 0 Å². The van der Waals surface area contributed by atoms with E-state index in [0.29, 0.717) is 0 Å². The van der Waals surface area contributed by atoms with Crippen LogP contribution in [0.2, 0.25) is 0 Å². The van der Waals surface area contributed by atoms with E-state index in [1.807, 2.05) is 0 Å². The van der Waals surface area contributed by atoms with Crippen molar-refractivity contribution >= 4 is 11.9 Å². The second-order valence-electron chi connectivity index (χ2n) is 2.98. The fraction of sp³-hybridized carbons (Fsp3) is 0.600. The molecular weight excluding hydrogens is 200 g/mol. The van der Waals surface area contributed by atoms with Gasteiger partial charge < -0.3 is 14.9 Å². The smallest absolute Gasteiger partial charge is 0.331 e. The lowest BCUT2D eigenvalue weighted by atomic mass is 10.2. The number of carboxylic acid groups (broad SMARTS) is 1. The van der Waals surface area contributed by atoms with Gasteiger partial charge in [-0.1, -0.05) is 6.42 Å². The predicted molar refractivity (Wildman–Crippen MR) is 53.3 cm³/mol. The van der Waals surface area contributed by atoms with Gasteiger partial charge in [-0.3, -0.25) is 0 Å². The quantitative estimate of drug-likeness (QED) is 0.355. The van der Waals surface area contributed by atoms with E-state index < -0.39 is 11.9 Å². The van der Waals surface area contributed by atoms with Crippen molar-refractivity contribution in [2.45, 2.75) is 25.7 Å². The molecule has 5 nitrogen and oxygen atoms in total. The van der Waals surface area contributed by atoms with Crippen molar-refractivity contribution in [1.82, 2.24) is 0 Å². The summed E-state index contributed by atoms with van der Waals surface area (Å²) in [6.07, 6.45) is 4.90. The molecule has 2 N–H and O–H groups in total. The molecular formula is C10H16O5. The third kappa shape index (κ3) is 10.6. The van der Waals surface area contributed by atoms with Crippen molar-refractivity contribution in [3.05, 3.63) is 12.2 Å². The first-order valence-electron chi connectivity index (χ1n) is 4.85. The minimum absolute atomic E-state index is 0.182. The predicted octanol–water partition coefficient (Wildman–Crippen LogP) is 0.723. The number of rotatable bonds is 8. The molecule has 0 aromatic rings. The lowest BCUT2D eigenvalue weighted by Crippen LogP contribution is -2.03. The molecule has 0 amide bonds. The van der Waals surface area contributed by atoms with E-state index in [-0.39, 0.29) is 13.2 Å². The Morgan fingerprint density at radius 3 is 2.33 bits per heavy atom. The van der Waals surface area contributed by atoms with E-state index in [4.69, 9.17) is 14.9 Å². The first-order valence-corrected chi connectivity index (χ1v) is 4.85. The van der Waals surface area contributed by atoms with Crippen molar-refractivity contribution in [1.29, 1.82) is 0 Å². The summed E-state index contributed by atoms with van der Waals surface area (Å²) in [4.78, 5) is 20.9. The van der Waals surface area contributed by atoms with Gasteiger partial charge in [-0.25, -0.2) is 9.59 Å². The van der Waals surface area contributed by atoms with Gasteiger partial charge in [0.25, 0.3) is 0 Å². The van der Waals surface area contributed by atoms with Gasteiger partial charge in [-0.05, 0) is 19.3 Å². The maximum absolute atomic E-state index is 10.8. The highest BCUT2D eigenvalue weighted by molar-refractivity contribution is 5.90. The number of aliphatic hydroxyl groups is 1. The zero-order chi connectivity index (χ0) is 11.5. The van der Waals surface area contributed by atoms with Crippen molar-refractivity contribution < 1.29 is 24.5 Å². The van der Waals surface area contributed by atoms with Crippen LogP contribution in [-0.2, 0) is 14.3 Å². The zero-order valence-electron chi connectivity index (χ0n) is 8.52. The van der Waals surface area contributed by atoms with Gasteiger partial charge >= 0.3 is 11.9 Å². The summed E-state index contributed by atoms with van der Waals surface area (Å²) in [6.45, 7) is 0.468. The minimum Gasteiger partial charge on any atom is -0.478 e. The molecule has 0 saturated carbocycles. The summed E-state index contributed by atoms with van der Waals surface area (Å²) in [6, 6.07) is 0. The summed E-state index contributed by atoms with van der Waals surface area (Å²) < 4.78 is 4.72. The lowest BCUT2D eigenvalue weighted by Gasteiger charge is -2.01. The lowest BCUT2D eigenvalue weighted by molar-refractivity contribution is -0.138. The molecule has 0 saturated heterocycles. The Labute approximate surface area is 88.4 Å². The van der Waals surface area contributed by atoms with Gasteiger partial charge in [-0.15, -0.1) is 0 Å². The number of hydrogen-bond donors (Lipinski definition) is 2. The number of aliphatic carboxylic acids is 1. The zero-order valence-corrected chi connectivity index (χ0v) is 8.52. The van der Waals surface area contributed by atoms with Crippen LogP contribution < -0.4 is 0 Å². The molecule has 0 fully saturated rings. The van der Waals surface area contributed by atoms with Gasteiger partial charge in [0.05, 0.1) is 6.61 Å². The molecule has 0 aliphatic rings. The van der Waals surface area contributed by atoms with Crippen molar-refractivity contribution in [2.24, 2.45) is 0 Å². The maximum atomic E-state index is 10.8. The molecule has 0 aliphatic carbocycles. The third-order valence-electron chi connectivity index (χ3n) is 1.66. The molecule has 0 heterocycles. The largest absolute Gasteiger partial charge is 0.478 e. The molecule has 0 bridgehead atoms. The number of unbranched alkanes of at least 4 members (excludes halogenated alkanes) is 3. The first-order chi connectivity index (χ1) is 7.16. The second kappa shape index (κ2) is 9.21. The van der Waals surface area contributed by atoms with Gasteiger partial charge in [0, 0.05) is 18.8 Å². The van der Waals surface area contributed by atoms with E-state index >= 15 is 0 Å². The Hall–Kier alpha value is -1.36. The Balaban J connectivity index is 3.35. The third-order valence-corrected chi connectivity index (χ3v) is 1.66. The molecule has 0 spiro atoms. The molecule has 0 aliphatic heterocycles. The summed E-state index contributed by atoms with van der Waals surface area (Å²) in [7, 11) is 0. The van der Waals surface area contributed by atoms with Crippen LogP contribution in [0.15, 0.2) is 12.2 Å². The number of carbonyl (C=O) groups is 2. The standard InChI is InChI=1S/C10H16O5/c11-7-3-1-2-4-8-15-10(14)6-5-9(12)13/h5-6,11H,1-4,7-8H2,(H,12,13)/b6-5-. The van der Waals surface area contributed by atoms with E-state index in [2.05, 4.69) is 0 Å². The number of carbonyl (C=O) groups excluding carboxylic acids is 1. The Bertz CT molecular complexity index is 222. The van der Waals surface area contributed by atoms with Gasteiger partial charge in [-0.2, -0.15) is 0 Å². The summed E-state index contributed by atoms with van der Waals surface area (Å²) in [5, 5.41) is 16.7. The molecule has 0 aromatic carbocycles. The molecule has 15 heavy (non-hydrogen) atoms. The Morgan fingerprint density at radius 2 is 1.73 bits per heavy atom. The van der Waals surface area contributed by atoms with Crippen LogP contribution in [0.25, 0.3) is 0 Å². The van der Waals surface area contributed by atoms with Crippen LogP contribution >= 0.6 is 0 Å². The number of esters is 1. The average Bonchev–Trinajstić information content (AvgIpc) is 2.20. The second-order valence-corrected chi connectivity index (χ2v) is 2.98. The molecule has 0 rings (SSSR count). The SMILES string of the molecule is O=C(O)/C=C\C(=O)OCCCCCCO. The van der Waals surface area contributed by atoms with Gasteiger partial charge in [0.1, 0.15) is 0 Å². The van der Waals surface area contributed by atoms with Crippen LogP contribution in [0.4, 0.5) is 0 Å². The van der Waals surface area contributed by atoms with E-state index in [0.717, 1.165) is 37.8 Å². The highest BCUT2D eigenvalue weighted by atomic mass is 16.5. The highest BCUT2D eigenvalue weighted by Crippen LogP contribution is 1.99. The van der Waals surface area contributed by atoms with Crippen LogP contribution in [-0.4, -0.2) is 35.4 Å². The normalized spacial score (nSPS) is 10.5. The van der Waals surface area contributed by atoms with E-state index in [9.17, 15) is 9.59 Å². The summed E-state index contributed by atoms with van der Waals surface area (Å²) in [5.74, 6) is -1.81. The number of ether oxygens (including phenoxy) is 1. The van der Waals surface area contributed by atoms with Crippen molar-refractivity contribution in [2.75, 3.05) is 13.2 Å². The number of aliphatic hydroxyl groups excluding tert-OH is 1. The molecule has 0 unspecified atom stereocenters. The monoisotopic (exact) mass is 216 g/mol. The average molecular weight is 216 g/mol. The van der Waals surface area contributed by atoms with E-state index in [1.165, 1.54) is 0 Å². The minimum atomic E-state index is -1.17. The summed E-state index contributed by atoms with van der Waals surface area (Å²) in [5.41, 5.74) is 0. The van der Waals surface area contributed by atoms with Crippen LogP contribution in [0, 0.1) is 0 Å². The molecule has 0 aromatic heterocycles. The van der Waals surface area contributed by atoms with Crippen molar-refractivity contribution in [3.63, 3.8) is 0 Å². The van der Waals surface area contributed by atoms with Crippen molar-refractivity contribution in [3.8, 4) is 0 Å². The topological polar surface area (TPSA) is 83.8 Å². The van der Waals surface area contributed by atoms with Crippen LogP contribution in [0.1, 0.15) is 25.7 Å². The fourth-order valence-electron chi connectivity index (χ4n) is 0.928. The molecule has 0 radical (unpaired) electrons. The van der Waals surface area contributed by atoms with Crippen LogP contribution in [0.3, 0.4) is 0 Å². The van der Waals surface area contributed by atoms with Gasteiger partial charge in [0.2, 0.25) is 0 Å². The Morgan fingerprint density at radius 1 is 1.07 bits per heavy atom. The fourth-order valence-corrected chi connectivity index (χ4v) is 0.928.